The molecule has 0 bridgehead atoms. The third kappa shape index (κ3) is 12.4. The SMILES string of the molecule is CC(=O)NC1[C@@H](OC2O[C@@H](CC(O)[C@H]3O[C@@H](n4ccc(=O)[nH]c4=O)C(O)[C@H]3O)C(O)[C@@H](O)[C@@H]2NC(=O)/C=C/CCCCCCCCC(C)C)OC(CO)[C@@H](O)[C@@H]1O. The van der Waals surface area contributed by atoms with Gasteiger partial charge in [-0.05, 0) is 24.8 Å². The number of amides is 2. The van der Waals surface area contributed by atoms with Gasteiger partial charge in [-0.25, -0.2) is 4.79 Å². The number of aromatic amines is 1. The van der Waals surface area contributed by atoms with Gasteiger partial charge in [-0.1, -0.05) is 58.4 Å². The molecule has 20 heteroatoms. The molecule has 0 aliphatic carbocycles. The van der Waals surface area contributed by atoms with Gasteiger partial charge in [-0.2, -0.15) is 0 Å². The van der Waals surface area contributed by atoms with Crippen LogP contribution in [-0.4, -0.2) is 155 Å². The summed E-state index contributed by atoms with van der Waals surface area (Å²) in [5.74, 6) is -0.665. The molecule has 57 heavy (non-hydrogen) atoms. The van der Waals surface area contributed by atoms with Gasteiger partial charge in [0.25, 0.3) is 5.56 Å². The van der Waals surface area contributed by atoms with Gasteiger partial charge >= 0.3 is 5.69 Å². The lowest BCUT2D eigenvalue weighted by molar-refractivity contribution is -0.346. The third-order valence-electron chi connectivity index (χ3n) is 10.5. The van der Waals surface area contributed by atoms with Crippen LogP contribution in [0.4, 0.5) is 0 Å². The zero-order valence-corrected chi connectivity index (χ0v) is 32.4. The smallest absolute Gasteiger partial charge is 0.330 e. The van der Waals surface area contributed by atoms with E-state index in [0.29, 0.717) is 12.3 Å². The van der Waals surface area contributed by atoms with E-state index in [1.54, 1.807) is 6.08 Å². The predicted octanol–water partition coefficient (Wildman–Crippen LogP) is -2.87. The van der Waals surface area contributed by atoms with E-state index in [1.807, 2.05) is 4.98 Å². The molecule has 3 fully saturated rings. The van der Waals surface area contributed by atoms with Crippen LogP contribution in [0.15, 0.2) is 34.0 Å². The van der Waals surface area contributed by atoms with Gasteiger partial charge < -0.3 is 70.4 Å². The zero-order valence-electron chi connectivity index (χ0n) is 32.4. The normalized spacial score (nSPS) is 35.1. The fourth-order valence-corrected chi connectivity index (χ4v) is 7.27. The molecule has 0 spiro atoms. The minimum absolute atomic E-state index is 0.598. The van der Waals surface area contributed by atoms with E-state index in [4.69, 9.17) is 18.9 Å². The highest BCUT2D eigenvalue weighted by molar-refractivity contribution is 5.87. The standard InChI is InChI=1S/C37H60N4O16/c1-18(2)12-10-8-6-4-5-7-9-11-13-23(45)39-26-30(50)27(47)21(54-36(26)57-35-25(38-19(3)43)29(49)28(48)22(17-42)55-35)16-20(44)33-31(51)32(52)34(56-33)41-15-14-24(46)40-37(41)53/h11,13-15,18,20-22,25-36,42,44,47-52H,4-10,12,16-17H2,1-3H3,(H,38,43)(H,39,45)(H,40,46,53)/b13-11+/t20?,21-,22?,25?,26-,27?,28+,29+,30-,31+,32?,33+,34+,35+,36?/m0/s1. The quantitative estimate of drug-likeness (QED) is 0.0494. The Kier molecular flexibility index (Phi) is 17.8. The van der Waals surface area contributed by atoms with Crippen LogP contribution in [0.5, 0.6) is 0 Å². The first-order valence-corrected chi connectivity index (χ1v) is 19.6. The maximum atomic E-state index is 13.1. The van der Waals surface area contributed by atoms with E-state index < -0.39 is 128 Å². The van der Waals surface area contributed by atoms with Crippen LogP contribution in [0.25, 0.3) is 0 Å². The molecule has 3 aliphatic heterocycles. The summed E-state index contributed by atoms with van der Waals surface area (Å²) >= 11 is 0. The average Bonchev–Trinajstić information content (AvgIpc) is 3.45. The summed E-state index contributed by atoms with van der Waals surface area (Å²) in [4.78, 5) is 51.0. The molecule has 3 saturated heterocycles. The number of aromatic nitrogens is 2. The van der Waals surface area contributed by atoms with Crippen LogP contribution in [0.1, 0.15) is 84.8 Å². The van der Waals surface area contributed by atoms with Gasteiger partial charge in [-0.3, -0.25) is 23.9 Å². The molecular weight excluding hydrogens is 756 g/mol. The Hall–Kier alpha value is -3.12. The van der Waals surface area contributed by atoms with Crippen molar-refractivity contribution in [2.45, 2.75) is 170 Å². The summed E-state index contributed by atoms with van der Waals surface area (Å²) in [7, 11) is 0. The Bertz CT molecular complexity index is 1570. The van der Waals surface area contributed by atoms with Crippen molar-refractivity contribution in [2.75, 3.05) is 6.61 Å². The second-order valence-corrected chi connectivity index (χ2v) is 15.4. The second kappa shape index (κ2) is 21.8. The molecule has 15 atom stereocenters. The van der Waals surface area contributed by atoms with Gasteiger partial charge in [0.15, 0.2) is 18.8 Å². The Morgan fingerprint density at radius 3 is 2.05 bits per heavy atom. The molecule has 20 nitrogen and oxygen atoms in total. The van der Waals surface area contributed by atoms with E-state index in [1.165, 1.54) is 25.3 Å². The van der Waals surface area contributed by atoms with Crippen molar-refractivity contribution < 1.29 is 69.4 Å². The molecule has 0 saturated carbocycles. The van der Waals surface area contributed by atoms with E-state index in [0.717, 1.165) is 49.4 Å². The number of hydrogen-bond donors (Lipinski definition) is 11. The van der Waals surface area contributed by atoms with Crippen molar-refractivity contribution in [1.29, 1.82) is 0 Å². The van der Waals surface area contributed by atoms with Crippen molar-refractivity contribution >= 4 is 11.8 Å². The Morgan fingerprint density at radius 1 is 0.842 bits per heavy atom. The maximum absolute atomic E-state index is 13.1. The number of hydrogen-bond acceptors (Lipinski definition) is 16. The summed E-state index contributed by atoms with van der Waals surface area (Å²) in [5, 5.41) is 91.3. The highest BCUT2D eigenvalue weighted by Crippen LogP contribution is 2.34. The molecular formula is C37H60N4O16. The lowest BCUT2D eigenvalue weighted by atomic mass is 9.91. The number of ether oxygens (including phenoxy) is 4. The number of carbonyl (C=O) groups is 2. The Balaban J connectivity index is 1.48. The summed E-state index contributed by atoms with van der Waals surface area (Å²) in [6.07, 6.45) is -10.3. The highest BCUT2D eigenvalue weighted by atomic mass is 16.8. The minimum atomic E-state index is -1.85. The Labute approximate surface area is 329 Å². The Morgan fingerprint density at radius 2 is 1.44 bits per heavy atom. The van der Waals surface area contributed by atoms with Crippen molar-refractivity contribution in [1.82, 2.24) is 20.2 Å². The van der Waals surface area contributed by atoms with E-state index in [2.05, 4.69) is 24.5 Å². The zero-order chi connectivity index (χ0) is 42.0. The van der Waals surface area contributed by atoms with E-state index in [-0.39, 0.29) is 0 Å². The first-order chi connectivity index (χ1) is 27.0. The summed E-state index contributed by atoms with van der Waals surface area (Å²) in [6.45, 7) is 4.75. The molecule has 1 aromatic rings. The van der Waals surface area contributed by atoms with Crippen molar-refractivity contribution in [3.8, 4) is 0 Å². The molecule has 4 rings (SSSR count). The molecule has 0 aromatic carbocycles. The minimum Gasteiger partial charge on any atom is -0.394 e. The molecule has 1 aromatic heterocycles. The molecule has 324 valence electrons. The average molecular weight is 817 g/mol. The highest BCUT2D eigenvalue weighted by Gasteiger charge is 2.53. The number of nitrogens with zero attached hydrogens (tertiary/aromatic N) is 1. The van der Waals surface area contributed by atoms with Crippen LogP contribution < -0.4 is 21.9 Å². The van der Waals surface area contributed by atoms with Gasteiger partial charge in [0.05, 0.1) is 18.8 Å². The number of unbranched alkanes of at least 4 members (excludes halogenated alkanes) is 6. The molecule has 11 N–H and O–H groups in total. The maximum Gasteiger partial charge on any atom is 0.330 e. The summed E-state index contributed by atoms with van der Waals surface area (Å²) < 4.78 is 24.1. The van der Waals surface area contributed by atoms with Gasteiger partial charge in [0, 0.05) is 25.6 Å². The molecule has 3 aliphatic rings. The van der Waals surface area contributed by atoms with E-state index >= 15 is 0 Å². The number of aliphatic hydroxyl groups is 8. The van der Waals surface area contributed by atoms with Crippen LogP contribution in [0, 0.1) is 5.92 Å². The molecule has 2 amide bonds. The van der Waals surface area contributed by atoms with Crippen LogP contribution in [-0.2, 0) is 28.5 Å². The monoisotopic (exact) mass is 816 g/mol. The lowest BCUT2D eigenvalue weighted by Crippen LogP contribution is -2.68. The second-order valence-electron chi connectivity index (χ2n) is 15.4. The number of nitrogens with one attached hydrogen (secondary N) is 3. The number of aliphatic hydroxyl groups excluding tert-OH is 8. The van der Waals surface area contributed by atoms with Gasteiger partial charge in [-0.15, -0.1) is 0 Å². The van der Waals surface area contributed by atoms with Gasteiger partial charge in [0.2, 0.25) is 11.8 Å². The van der Waals surface area contributed by atoms with Crippen LogP contribution in [0.2, 0.25) is 0 Å². The van der Waals surface area contributed by atoms with Crippen molar-refractivity contribution in [2.24, 2.45) is 5.92 Å². The van der Waals surface area contributed by atoms with Crippen LogP contribution >= 0.6 is 0 Å². The number of H-pyrrole nitrogens is 1. The number of allylic oxidation sites excluding steroid dienone is 1. The van der Waals surface area contributed by atoms with Crippen molar-refractivity contribution in [3.05, 3.63) is 45.3 Å². The number of carbonyl (C=O) groups excluding carboxylic acids is 2. The van der Waals surface area contributed by atoms with E-state index in [9.17, 15) is 60.0 Å². The van der Waals surface area contributed by atoms with Crippen LogP contribution in [0.3, 0.4) is 0 Å². The number of rotatable bonds is 19. The molecule has 6 unspecified atom stereocenters. The first kappa shape index (κ1) is 46.6. The summed E-state index contributed by atoms with van der Waals surface area (Å²) in [6, 6.07) is -2.01. The predicted molar refractivity (Wildman–Crippen MR) is 198 cm³/mol. The largest absolute Gasteiger partial charge is 0.394 e. The fraction of sp³-hybridized carbons (Fsp3) is 0.784. The van der Waals surface area contributed by atoms with Gasteiger partial charge in [0.1, 0.15) is 60.9 Å². The summed E-state index contributed by atoms with van der Waals surface area (Å²) in [5.41, 5.74) is -1.68. The van der Waals surface area contributed by atoms with Crippen molar-refractivity contribution in [3.63, 3.8) is 0 Å². The lowest BCUT2D eigenvalue weighted by Gasteiger charge is -2.47. The molecule has 0 radical (unpaired) electrons. The topological polar surface area (TPSA) is 312 Å². The molecule has 4 heterocycles. The third-order valence-corrected chi connectivity index (χ3v) is 10.5. The first-order valence-electron chi connectivity index (χ1n) is 19.6. The fourth-order valence-electron chi connectivity index (χ4n) is 7.27.